The fourth-order valence-corrected chi connectivity index (χ4v) is 6.86. The molecule has 9 heteroatoms. The zero-order chi connectivity index (χ0) is 9.94. The molecule has 1 atom stereocenters. The topological polar surface area (TPSA) is 79.7 Å². The quantitative estimate of drug-likeness (QED) is 0.321. The minimum atomic E-state index is -0.756. The van der Waals surface area contributed by atoms with Crippen LogP contribution in [0.1, 0.15) is 12.8 Å². The van der Waals surface area contributed by atoms with Crippen LogP contribution in [0.2, 0.25) is 0 Å². The number of rotatable bonds is 9. The van der Waals surface area contributed by atoms with Crippen molar-refractivity contribution in [3.05, 3.63) is 0 Å². The van der Waals surface area contributed by atoms with Gasteiger partial charge in [0.15, 0.2) is 9.76 Å². The summed E-state index contributed by atoms with van der Waals surface area (Å²) in [5.74, 6) is 0. The van der Waals surface area contributed by atoms with Gasteiger partial charge in [0.1, 0.15) is 10.5 Å². The Balaban J connectivity index is 3.03. The molecule has 0 aliphatic heterocycles. The van der Waals surface area contributed by atoms with Crippen LogP contribution in [0.15, 0.2) is 0 Å². The SMILES string of the molecule is NCCCC(N)[SiH2]O[SiH2]O[SiH2]O[SiH3]. The number of hydrogen-bond donors (Lipinski definition) is 2. The van der Waals surface area contributed by atoms with Gasteiger partial charge in [-0.3, -0.25) is 0 Å². The Morgan fingerprint density at radius 2 is 2.08 bits per heavy atom. The summed E-state index contributed by atoms with van der Waals surface area (Å²) in [6.45, 7) is 0.719. The first-order valence-electron chi connectivity index (χ1n) is 4.41. The van der Waals surface area contributed by atoms with E-state index in [0.717, 1.165) is 29.9 Å². The average Bonchev–Trinajstić information content (AvgIpc) is 2.14. The van der Waals surface area contributed by atoms with Crippen molar-refractivity contribution in [1.29, 1.82) is 0 Å². The van der Waals surface area contributed by atoms with Gasteiger partial charge in [-0.2, -0.15) is 0 Å². The molecule has 0 spiro atoms. The van der Waals surface area contributed by atoms with E-state index >= 15 is 0 Å². The molecule has 80 valence electrons. The zero-order valence-electron chi connectivity index (χ0n) is 8.20. The van der Waals surface area contributed by atoms with Crippen LogP contribution in [0.5, 0.6) is 0 Å². The highest BCUT2D eigenvalue weighted by atomic mass is 28.4. The van der Waals surface area contributed by atoms with Gasteiger partial charge >= 0.3 is 0 Å². The summed E-state index contributed by atoms with van der Waals surface area (Å²) in [5.41, 5.74) is 11.4. The van der Waals surface area contributed by atoms with Gasteiger partial charge in [0.2, 0.25) is 0 Å². The van der Waals surface area contributed by atoms with Gasteiger partial charge in [0.25, 0.3) is 20.0 Å². The maximum Gasteiger partial charge on any atom is 0.284 e. The minimum Gasteiger partial charge on any atom is -0.449 e. The van der Waals surface area contributed by atoms with Gasteiger partial charge in [-0.1, -0.05) is 0 Å². The van der Waals surface area contributed by atoms with Gasteiger partial charge < -0.3 is 23.8 Å². The molecule has 4 N–H and O–H groups in total. The summed E-state index contributed by atoms with van der Waals surface area (Å²) in [6.07, 6.45) is 1.99. The second kappa shape index (κ2) is 10.7. The second-order valence-corrected chi connectivity index (χ2v) is 10.2. The van der Waals surface area contributed by atoms with Crippen molar-refractivity contribution in [3.8, 4) is 0 Å². The number of nitrogens with two attached hydrogens (primary N) is 2. The van der Waals surface area contributed by atoms with Crippen LogP contribution in [0.4, 0.5) is 0 Å². The Hall–Kier alpha value is 0.668. The first-order valence-corrected chi connectivity index (χ1v) is 8.93. The minimum absolute atomic E-state index is 0.248. The molecule has 0 aromatic heterocycles. The largest absolute Gasteiger partial charge is 0.449 e. The van der Waals surface area contributed by atoms with E-state index in [1.165, 1.54) is 0 Å². The van der Waals surface area contributed by atoms with Crippen molar-refractivity contribution in [1.82, 2.24) is 0 Å². The molecule has 0 rings (SSSR count). The normalized spacial score (nSPS) is 16.2. The van der Waals surface area contributed by atoms with Crippen LogP contribution in [-0.2, 0) is 12.3 Å². The van der Waals surface area contributed by atoms with Crippen molar-refractivity contribution >= 4 is 40.3 Å². The summed E-state index contributed by atoms with van der Waals surface area (Å²) >= 11 is 0. The lowest BCUT2D eigenvalue weighted by atomic mass is 10.3. The summed E-state index contributed by atoms with van der Waals surface area (Å²) in [7, 11) is -1.23. The first-order chi connectivity index (χ1) is 6.31. The third-order valence-electron chi connectivity index (χ3n) is 1.48. The molecule has 0 radical (unpaired) electrons. The lowest BCUT2D eigenvalue weighted by Crippen LogP contribution is -2.31. The Kier molecular flexibility index (Phi) is 11.3. The zero-order valence-corrected chi connectivity index (χ0v) is 14.4. The lowest BCUT2D eigenvalue weighted by Gasteiger charge is -2.10. The molecule has 0 amide bonds. The summed E-state index contributed by atoms with van der Waals surface area (Å²) in [6, 6.07) is 0. The molecule has 0 bridgehead atoms. The highest BCUT2D eigenvalue weighted by molar-refractivity contribution is 6.45. The Morgan fingerprint density at radius 3 is 2.69 bits per heavy atom. The number of hydrogen-bond acceptors (Lipinski definition) is 5. The molecule has 0 aliphatic rings. The van der Waals surface area contributed by atoms with Crippen LogP contribution in [0, 0.1) is 0 Å². The van der Waals surface area contributed by atoms with Crippen molar-refractivity contribution < 1.29 is 12.3 Å². The molecule has 0 saturated carbocycles. The van der Waals surface area contributed by atoms with Gasteiger partial charge in [-0.05, 0) is 19.4 Å². The average molecular weight is 257 g/mol. The fourth-order valence-electron chi connectivity index (χ4n) is 0.839. The highest BCUT2D eigenvalue weighted by Gasteiger charge is 2.02. The molecule has 13 heavy (non-hydrogen) atoms. The first kappa shape index (κ1) is 13.7. The molecular weight excluding hydrogens is 236 g/mol. The van der Waals surface area contributed by atoms with Gasteiger partial charge in [-0.25, -0.2) is 0 Å². The third-order valence-corrected chi connectivity index (χ3v) is 6.20. The van der Waals surface area contributed by atoms with Gasteiger partial charge in [-0.15, -0.1) is 0 Å². The van der Waals surface area contributed by atoms with E-state index in [-0.39, 0.29) is 5.67 Å². The summed E-state index contributed by atoms with van der Waals surface area (Å²) < 4.78 is 15.7. The molecule has 0 aromatic carbocycles. The Labute approximate surface area is 89.5 Å². The molecule has 0 aliphatic carbocycles. The smallest absolute Gasteiger partial charge is 0.284 e. The van der Waals surface area contributed by atoms with Crippen LogP contribution in [0.3, 0.4) is 0 Å². The molecule has 0 saturated heterocycles. The third kappa shape index (κ3) is 10.6. The van der Waals surface area contributed by atoms with Crippen LogP contribution in [0.25, 0.3) is 0 Å². The van der Waals surface area contributed by atoms with E-state index in [0.29, 0.717) is 0 Å². The van der Waals surface area contributed by atoms with E-state index < -0.39 is 29.8 Å². The van der Waals surface area contributed by atoms with Gasteiger partial charge in [0.05, 0.1) is 0 Å². The van der Waals surface area contributed by atoms with Crippen molar-refractivity contribution in [3.63, 3.8) is 0 Å². The Morgan fingerprint density at radius 1 is 1.31 bits per heavy atom. The molecule has 1 unspecified atom stereocenters. The maximum atomic E-state index is 5.81. The van der Waals surface area contributed by atoms with Gasteiger partial charge in [0, 0.05) is 5.67 Å². The highest BCUT2D eigenvalue weighted by Crippen LogP contribution is 1.90. The molecule has 0 aromatic rings. The lowest BCUT2D eigenvalue weighted by molar-refractivity contribution is 0.433. The van der Waals surface area contributed by atoms with Crippen LogP contribution in [-0.4, -0.2) is 52.5 Å². The van der Waals surface area contributed by atoms with Crippen LogP contribution >= 0.6 is 0 Å². The summed E-state index contributed by atoms with van der Waals surface area (Å²) in [5, 5.41) is 0. The second-order valence-electron chi connectivity index (χ2n) is 2.79. The van der Waals surface area contributed by atoms with E-state index in [1.807, 2.05) is 0 Å². The molecular formula is C4H20N2O3Si4. The predicted octanol–water partition coefficient (Wildman–Crippen LogP) is -4.58. The standard InChI is InChI=1S/C4H20N2O3Si4/c5-3-1-2-4(6)11-8-13-9-12-7-10/h4H,1-3,5-6,11-13H2,10H3. The molecule has 0 heterocycles. The maximum absolute atomic E-state index is 5.81. The summed E-state index contributed by atoms with van der Waals surface area (Å²) in [4.78, 5) is 0. The van der Waals surface area contributed by atoms with Crippen molar-refractivity contribution in [2.45, 2.75) is 18.5 Å². The predicted molar refractivity (Wildman–Crippen MR) is 65.1 cm³/mol. The molecule has 0 fully saturated rings. The monoisotopic (exact) mass is 256 g/mol. The van der Waals surface area contributed by atoms with Crippen molar-refractivity contribution in [2.75, 3.05) is 6.54 Å². The van der Waals surface area contributed by atoms with Crippen molar-refractivity contribution in [2.24, 2.45) is 11.5 Å². The van der Waals surface area contributed by atoms with E-state index in [1.54, 1.807) is 0 Å². The van der Waals surface area contributed by atoms with E-state index in [4.69, 9.17) is 23.8 Å². The Bertz CT molecular complexity index is 111. The van der Waals surface area contributed by atoms with Crippen LogP contribution < -0.4 is 11.5 Å². The van der Waals surface area contributed by atoms with E-state index in [2.05, 4.69) is 0 Å². The molecule has 5 nitrogen and oxygen atoms in total. The van der Waals surface area contributed by atoms with E-state index in [9.17, 15) is 0 Å². The fraction of sp³-hybridized carbons (Fsp3) is 1.00.